The van der Waals surface area contributed by atoms with E-state index in [9.17, 15) is 0 Å². The monoisotopic (exact) mass is 243 g/mol. The molecule has 4 fully saturated rings. The number of nitrogens with zero attached hydrogens (tertiary/aromatic N) is 1. The lowest BCUT2D eigenvalue weighted by atomic mass is 9.53. The Labute approximate surface area is 108 Å². The number of aromatic nitrogens is 1. The summed E-state index contributed by atoms with van der Waals surface area (Å²) in [5.74, 6) is 3.76. The van der Waals surface area contributed by atoms with Crippen molar-refractivity contribution in [1.82, 2.24) is 4.98 Å². The van der Waals surface area contributed by atoms with Crippen LogP contribution in [0.1, 0.15) is 38.5 Å². The van der Waals surface area contributed by atoms with Crippen molar-refractivity contribution in [3.63, 3.8) is 0 Å². The molecule has 0 aromatic carbocycles. The van der Waals surface area contributed by atoms with Gasteiger partial charge in [-0.2, -0.15) is 0 Å². The van der Waals surface area contributed by atoms with Crippen LogP contribution < -0.4 is 11.1 Å². The van der Waals surface area contributed by atoms with Crippen LogP contribution in [-0.4, -0.2) is 10.5 Å². The summed E-state index contributed by atoms with van der Waals surface area (Å²) in [5, 5.41) is 3.72. The Morgan fingerprint density at radius 2 is 1.72 bits per heavy atom. The molecule has 0 aliphatic heterocycles. The van der Waals surface area contributed by atoms with Crippen LogP contribution in [0.25, 0.3) is 0 Å². The molecule has 1 heterocycles. The highest BCUT2D eigenvalue weighted by Crippen LogP contribution is 2.56. The molecule has 3 heteroatoms. The van der Waals surface area contributed by atoms with E-state index in [0.717, 1.165) is 29.3 Å². The minimum Gasteiger partial charge on any atom is -0.396 e. The Hall–Kier alpha value is -1.25. The van der Waals surface area contributed by atoms with Crippen LogP contribution >= 0.6 is 0 Å². The number of nitrogens with one attached hydrogen (secondary N) is 1. The zero-order valence-electron chi connectivity index (χ0n) is 10.7. The SMILES string of the molecule is Nc1cccnc1NC12CC3CC(CC(C3)C1)C2. The summed E-state index contributed by atoms with van der Waals surface area (Å²) in [6, 6.07) is 3.84. The summed E-state index contributed by atoms with van der Waals surface area (Å²) in [5.41, 5.74) is 7.11. The molecule has 3 N–H and O–H groups in total. The fourth-order valence-corrected chi connectivity index (χ4v) is 5.04. The molecule has 4 aliphatic carbocycles. The third-order valence-electron chi connectivity index (χ3n) is 5.26. The summed E-state index contributed by atoms with van der Waals surface area (Å²) >= 11 is 0. The second kappa shape index (κ2) is 3.62. The first kappa shape index (κ1) is 10.7. The molecule has 0 atom stereocenters. The van der Waals surface area contributed by atoms with Crippen LogP contribution in [-0.2, 0) is 0 Å². The first-order valence-electron chi connectivity index (χ1n) is 7.21. The van der Waals surface area contributed by atoms with Gasteiger partial charge in [0.1, 0.15) is 5.82 Å². The van der Waals surface area contributed by atoms with Crippen LogP contribution in [0.15, 0.2) is 18.3 Å². The Morgan fingerprint density at radius 3 is 2.28 bits per heavy atom. The number of hydrogen-bond donors (Lipinski definition) is 2. The maximum atomic E-state index is 6.02. The van der Waals surface area contributed by atoms with Gasteiger partial charge in [0.15, 0.2) is 0 Å². The second-order valence-electron chi connectivity index (χ2n) is 6.76. The van der Waals surface area contributed by atoms with E-state index in [0.29, 0.717) is 5.54 Å². The molecule has 0 unspecified atom stereocenters. The van der Waals surface area contributed by atoms with Crippen molar-refractivity contribution in [1.29, 1.82) is 0 Å². The molecule has 18 heavy (non-hydrogen) atoms. The molecule has 5 rings (SSSR count). The van der Waals surface area contributed by atoms with E-state index in [-0.39, 0.29) is 0 Å². The van der Waals surface area contributed by atoms with Crippen LogP contribution in [0.5, 0.6) is 0 Å². The van der Waals surface area contributed by atoms with Crippen LogP contribution in [0.3, 0.4) is 0 Å². The molecule has 0 amide bonds. The maximum Gasteiger partial charge on any atom is 0.149 e. The average Bonchev–Trinajstić information content (AvgIpc) is 2.30. The van der Waals surface area contributed by atoms with Gasteiger partial charge in [-0.15, -0.1) is 0 Å². The fraction of sp³-hybridized carbons (Fsp3) is 0.667. The summed E-state index contributed by atoms with van der Waals surface area (Å²) in [4.78, 5) is 4.42. The van der Waals surface area contributed by atoms with E-state index in [1.807, 2.05) is 18.3 Å². The van der Waals surface area contributed by atoms with Crippen molar-refractivity contribution in [3.05, 3.63) is 18.3 Å². The van der Waals surface area contributed by atoms with Crippen molar-refractivity contribution in [2.24, 2.45) is 17.8 Å². The maximum absolute atomic E-state index is 6.02. The largest absolute Gasteiger partial charge is 0.396 e. The van der Waals surface area contributed by atoms with Crippen molar-refractivity contribution in [2.75, 3.05) is 11.1 Å². The molecule has 0 radical (unpaired) electrons. The van der Waals surface area contributed by atoms with Gasteiger partial charge in [0.2, 0.25) is 0 Å². The molecule has 4 bridgehead atoms. The zero-order chi connectivity index (χ0) is 12.2. The lowest BCUT2D eigenvalue weighted by molar-refractivity contribution is 0.0106. The van der Waals surface area contributed by atoms with Gasteiger partial charge in [0.05, 0.1) is 5.69 Å². The highest BCUT2D eigenvalue weighted by molar-refractivity contribution is 5.61. The number of anilines is 2. The molecule has 0 saturated heterocycles. The third-order valence-corrected chi connectivity index (χ3v) is 5.26. The van der Waals surface area contributed by atoms with E-state index in [4.69, 9.17) is 5.73 Å². The standard InChI is InChI=1S/C15H21N3/c16-13-2-1-3-17-14(13)18-15-7-10-4-11(8-15)6-12(5-10)9-15/h1-3,10-12H,4-9,16H2,(H,17,18). The first-order valence-corrected chi connectivity index (χ1v) is 7.21. The van der Waals surface area contributed by atoms with Crippen LogP contribution in [0.2, 0.25) is 0 Å². The number of hydrogen-bond acceptors (Lipinski definition) is 3. The number of rotatable bonds is 2. The van der Waals surface area contributed by atoms with Crippen molar-refractivity contribution in [3.8, 4) is 0 Å². The number of pyridine rings is 1. The Bertz CT molecular complexity index is 433. The van der Waals surface area contributed by atoms with E-state index in [1.165, 1.54) is 38.5 Å². The highest BCUT2D eigenvalue weighted by atomic mass is 15.1. The van der Waals surface area contributed by atoms with Crippen molar-refractivity contribution < 1.29 is 0 Å². The van der Waals surface area contributed by atoms with Gasteiger partial charge in [0.25, 0.3) is 0 Å². The van der Waals surface area contributed by atoms with Crippen molar-refractivity contribution >= 4 is 11.5 Å². The minimum atomic E-state index is 0.303. The lowest BCUT2D eigenvalue weighted by Crippen LogP contribution is -2.55. The summed E-state index contributed by atoms with van der Waals surface area (Å²) in [7, 11) is 0. The minimum absolute atomic E-state index is 0.303. The molecular formula is C15H21N3. The average molecular weight is 243 g/mol. The Kier molecular flexibility index (Phi) is 2.14. The van der Waals surface area contributed by atoms with E-state index >= 15 is 0 Å². The molecule has 4 saturated carbocycles. The lowest BCUT2D eigenvalue weighted by Gasteiger charge is -2.57. The fourth-order valence-electron chi connectivity index (χ4n) is 5.04. The molecule has 3 nitrogen and oxygen atoms in total. The Balaban J connectivity index is 1.63. The number of nitrogen functional groups attached to an aromatic ring is 1. The Morgan fingerprint density at radius 1 is 1.11 bits per heavy atom. The van der Waals surface area contributed by atoms with Gasteiger partial charge in [-0.05, 0) is 68.4 Å². The molecule has 4 aliphatic rings. The smallest absolute Gasteiger partial charge is 0.149 e. The zero-order valence-corrected chi connectivity index (χ0v) is 10.7. The molecule has 1 aromatic rings. The van der Waals surface area contributed by atoms with Gasteiger partial charge in [-0.1, -0.05) is 0 Å². The second-order valence-corrected chi connectivity index (χ2v) is 6.76. The normalized spacial score (nSPS) is 41.0. The van der Waals surface area contributed by atoms with E-state index < -0.39 is 0 Å². The summed E-state index contributed by atoms with van der Waals surface area (Å²) in [6.07, 6.45) is 10.2. The molecule has 0 spiro atoms. The molecule has 96 valence electrons. The predicted molar refractivity (Wildman–Crippen MR) is 73.2 cm³/mol. The first-order chi connectivity index (χ1) is 8.72. The van der Waals surface area contributed by atoms with E-state index in [2.05, 4.69) is 10.3 Å². The van der Waals surface area contributed by atoms with Gasteiger partial charge >= 0.3 is 0 Å². The topological polar surface area (TPSA) is 50.9 Å². The van der Waals surface area contributed by atoms with Crippen molar-refractivity contribution in [2.45, 2.75) is 44.1 Å². The van der Waals surface area contributed by atoms with Gasteiger partial charge in [-0.25, -0.2) is 4.98 Å². The molecule has 1 aromatic heterocycles. The van der Waals surface area contributed by atoms with Gasteiger partial charge < -0.3 is 11.1 Å². The highest BCUT2D eigenvalue weighted by Gasteiger charge is 2.51. The molecular weight excluding hydrogens is 222 g/mol. The van der Waals surface area contributed by atoms with Gasteiger partial charge in [0, 0.05) is 11.7 Å². The van der Waals surface area contributed by atoms with E-state index in [1.54, 1.807) is 0 Å². The quantitative estimate of drug-likeness (QED) is 0.839. The predicted octanol–water partition coefficient (Wildman–Crippen LogP) is 3.04. The summed E-state index contributed by atoms with van der Waals surface area (Å²) in [6.45, 7) is 0. The third kappa shape index (κ3) is 1.60. The summed E-state index contributed by atoms with van der Waals surface area (Å²) < 4.78 is 0. The number of nitrogens with two attached hydrogens (primary N) is 1. The van der Waals surface area contributed by atoms with Gasteiger partial charge in [-0.3, -0.25) is 0 Å². The van der Waals surface area contributed by atoms with Crippen LogP contribution in [0, 0.1) is 17.8 Å². The van der Waals surface area contributed by atoms with Crippen LogP contribution in [0.4, 0.5) is 11.5 Å².